The topological polar surface area (TPSA) is 41.6 Å². The summed E-state index contributed by atoms with van der Waals surface area (Å²) in [6, 6.07) is 15.8. The minimum absolute atomic E-state index is 0.0112. The number of piperidine rings is 1. The molecular weight excluding hydrogens is 372 g/mol. The Labute approximate surface area is 172 Å². The van der Waals surface area contributed by atoms with Gasteiger partial charge in [-0.1, -0.05) is 48.0 Å². The van der Waals surface area contributed by atoms with E-state index in [4.69, 9.17) is 16.3 Å². The largest absolute Gasteiger partial charge is 0.491 e. The quantitative estimate of drug-likeness (QED) is 0.746. The highest BCUT2D eigenvalue weighted by molar-refractivity contribution is 6.31. The van der Waals surface area contributed by atoms with Gasteiger partial charge in [-0.2, -0.15) is 0 Å². The van der Waals surface area contributed by atoms with Crippen molar-refractivity contribution in [2.75, 3.05) is 19.7 Å². The van der Waals surface area contributed by atoms with Crippen molar-refractivity contribution in [2.24, 2.45) is 5.92 Å². The van der Waals surface area contributed by atoms with E-state index in [1.54, 1.807) is 0 Å². The molecule has 1 saturated heterocycles. The SMILES string of the molecule is Cc1ccccc1OC[C@H](C)NC(=O)[C@@H]1CCCN(Cc2ccccc2Cl)C1. The van der Waals surface area contributed by atoms with Crippen LogP contribution in [0.5, 0.6) is 5.75 Å². The lowest BCUT2D eigenvalue weighted by atomic mass is 9.96. The summed E-state index contributed by atoms with van der Waals surface area (Å²) < 4.78 is 5.86. The van der Waals surface area contributed by atoms with Crippen molar-refractivity contribution >= 4 is 17.5 Å². The van der Waals surface area contributed by atoms with Crippen LogP contribution in [0.15, 0.2) is 48.5 Å². The lowest BCUT2D eigenvalue weighted by Gasteiger charge is -2.32. The van der Waals surface area contributed by atoms with Crippen molar-refractivity contribution in [1.82, 2.24) is 10.2 Å². The highest BCUT2D eigenvalue weighted by Gasteiger charge is 2.27. The zero-order valence-electron chi connectivity index (χ0n) is 16.7. The zero-order chi connectivity index (χ0) is 19.9. The van der Waals surface area contributed by atoms with Crippen LogP contribution in [0.2, 0.25) is 5.02 Å². The minimum Gasteiger partial charge on any atom is -0.491 e. The predicted octanol–water partition coefficient (Wildman–Crippen LogP) is 4.44. The predicted molar refractivity (Wildman–Crippen MR) is 114 cm³/mol. The number of aryl methyl sites for hydroxylation is 1. The first-order chi connectivity index (χ1) is 13.5. The molecule has 1 heterocycles. The van der Waals surface area contributed by atoms with Gasteiger partial charge in [0.25, 0.3) is 0 Å². The van der Waals surface area contributed by atoms with Crippen molar-refractivity contribution in [1.29, 1.82) is 0 Å². The summed E-state index contributed by atoms with van der Waals surface area (Å²) in [4.78, 5) is 15.1. The van der Waals surface area contributed by atoms with Gasteiger partial charge in [-0.25, -0.2) is 0 Å². The molecule has 0 radical (unpaired) electrons. The highest BCUT2D eigenvalue weighted by Crippen LogP contribution is 2.22. The Kier molecular flexibility index (Phi) is 7.35. The van der Waals surface area contributed by atoms with Crippen LogP contribution in [0.25, 0.3) is 0 Å². The third kappa shape index (κ3) is 5.73. The number of hydrogen-bond donors (Lipinski definition) is 1. The van der Waals surface area contributed by atoms with E-state index in [9.17, 15) is 4.79 Å². The number of ether oxygens (including phenoxy) is 1. The molecule has 1 amide bonds. The normalized spacial score (nSPS) is 18.5. The summed E-state index contributed by atoms with van der Waals surface area (Å²) in [5, 5.41) is 3.91. The fourth-order valence-corrected chi connectivity index (χ4v) is 3.81. The molecule has 0 aromatic heterocycles. The standard InChI is InChI=1S/C23H29ClN2O2/c1-17-8-3-6-12-22(17)28-16-18(2)25-23(27)20-10-7-13-26(15-20)14-19-9-4-5-11-21(19)24/h3-6,8-9,11-12,18,20H,7,10,13-16H2,1-2H3,(H,25,27)/t18-,20+/m0/s1. The van der Waals surface area contributed by atoms with E-state index in [1.807, 2.05) is 56.3 Å². The Morgan fingerprint density at radius 2 is 2.00 bits per heavy atom. The van der Waals surface area contributed by atoms with Gasteiger partial charge in [0.2, 0.25) is 5.91 Å². The molecule has 2 atom stereocenters. The van der Waals surface area contributed by atoms with Gasteiger partial charge in [-0.15, -0.1) is 0 Å². The van der Waals surface area contributed by atoms with E-state index in [0.717, 1.165) is 54.4 Å². The second kappa shape index (κ2) is 9.94. The van der Waals surface area contributed by atoms with Crippen LogP contribution < -0.4 is 10.1 Å². The van der Waals surface area contributed by atoms with Crippen LogP contribution in [0.3, 0.4) is 0 Å². The second-order valence-electron chi connectivity index (χ2n) is 7.65. The molecule has 0 spiro atoms. The van der Waals surface area contributed by atoms with Crippen LogP contribution in [-0.4, -0.2) is 36.5 Å². The molecule has 1 aliphatic rings. The van der Waals surface area contributed by atoms with Gasteiger partial charge in [-0.3, -0.25) is 9.69 Å². The fraction of sp³-hybridized carbons (Fsp3) is 0.435. The second-order valence-corrected chi connectivity index (χ2v) is 8.06. The fourth-order valence-electron chi connectivity index (χ4n) is 3.62. The Morgan fingerprint density at radius 3 is 2.79 bits per heavy atom. The summed E-state index contributed by atoms with van der Waals surface area (Å²) in [5.41, 5.74) is 2.22. The smallest absolute Gasteiger partial charge is 0.224 e. The van der Waals surface area contributed by atoms with Crippen LogP contribution >= 0.6 is 11.6 Å². The first-order valence-corrected chi connectivity index (χ1v) is 10.4. The maximum Gasteiger partial charge on any atom is 0.224 e. The van der Waals surface area contributed by atoms with Gasteiger partial charge < -0.3 is 10.1 Å². The van der Waals surface area contributed by atoms with Crippen LogP contribution in [0.4, 0.5) is 0 Å². The Balaban J connectivity index is 1.48. The molecule has 2 aromatic rings. The van der Waals surface area contributed by atoms with Gasteiger partial charge in [0, 0.05) is 18.1 Å². The summed E-state index contributed by atoms with van der Waals surface area (Å²) in [7, 11) is 0. The molecule has 0 aliphatic carbocycles. The van der Waals surface area contributed by atoms with Crippen molar-refractivity contribution in [2.45, 2.75) is 39.3 Å². The van der Waals surface area contributed by atoms with Crippen LogP contribution in [-0.2, 0) is 11.3 Å². The zero-order valence-corrected chi connectivity index (χ0v) is 17.4. The number of carbonyl (C=O) groups excluding carboxylic acids is 1. The number of nitrogens with zero attached hydrogens (tertiary/aromatic N) is 1. The first kappa shape index (κ1) is 20.7. The van der Waals surface area contributed by atoms with Gasteiger partial charge >= 0.3 is 0 Å². The molecule has 150 valence electrons. The maximum absolute atomic E-state index is 12.7. The molecule has 0 bridgehead atoms. The molecule has 2 aromatic carbocycles. The number of carbonyl (C=O) groups is 1. The summed E-state index contributed by atoms with van der Waals surface area (Å²) in [6.07, 6.45) is 1.95. The van der Waals surface area contributed by atoms with Crippen molar-refractivity contribution in [3.63, 3.8) is 0 Å². The Morgan fingerprint density at radius 1 is 1.25 bits per heavy atom. The van der Waals surface area contributed by atoms with E-state index in [-0.39, 0.29) is 17.9 Å². The molecule has 0 unspecified atom stereocenters. The Bertz CT molecular complexity index is 796. The van der Waals surface area contributed by atoms with Crippen LogP contribution in [0, 0.1) is 12.8 Å². The van der Waals surface area contributed by atoms with E-state index in [0.29, 0.717) is 6.61 Å². The summed E-state index contributed by atoms with van der Waals surface area (Å²) >= 11 is 6.29. The number of amides is 1. The molecular formula is C23H29ClN2O2. The van der Waals surface area contributed by atoms with Gasteiger partial charge in [-0.05, 0) is 56.5 Å². The number of likely N-dealkylation sites (tertiary alicyclic amines) is 1. The number of halogens is 1. The lowest BCUT2D eigenvalue weighted by Crippen LogP contribution is -2.46. The van der Waals surface area contributed by atoms with Gasteiger partial charge in [0.05, 0.1) is 12.0 Å². The molecule has 3 rings (SSSR count). The van der Waals surface area contributed by atoms with E-state index in [2.05, 4.69) is 16.3 Å². The summed E-state index contributed by atoms with van der Waals surface area (Å²) in [6.45, 7) is 7.03. The van der Waals surface area contributed by atoms with Gasteiger partial charge in [0.1, 0.15) is 12.4 Å². The number of rotatable bonds is 7. The number of nitrogens with one attached hydrogen (secondary N) is 1. The first-order valence-electron chi connectivity index (χ1n) is 9.97. The minimum atomic E-state index is -0.0361. The van der Waals surface area contributed by atoms with E-state index in [1.165, 1.54) is 0 Å². The third-order valence-corrected chi connectivity index (χ3v) is 5.57. The van der Waals surface area contributed by atoms with E-state index >= 15 is 0 Å². The molecule has 28 heavy (non-hydrogen) atoms. The molecule has 5 heteroatoms. The van der Waals surface area contributed by atoms with Crippen LogP contribution in [0.1, 0.15) is 30.9 Å². The molecule has 1 fully saturated rings. The maximum atomic E-state index is 12.7. The van der Waals surface area contributed by atoms with Gasteiger partial charge in [0.15, 0.2) is 0 Å². The lowest BCUT2D eigenvalue weighted by molar-refractivity contribution is -0.127. The van der Waals surface area contributed by atoms with Crippen molar-refractivity contribution in [3.05, 3.63) is 64.7 Å². The molecule has 1 aliphatic heterocycles. The third-order valence-electron chi connectivity index (χ3n) is 5.20. The number of para-hydroxylation sites is 1. The highest BCUT2D eigenvalue weighted by atomic mass is 35.5. The molecule has 1 N–H and O–H groups in total. The monoisotopic (exact) mass is 400 g/mol. The Hall–Kier alpha value is -2.04. The molecule has 0 saturated carbocycles. The van der Waals surface area contributed by atoms with Crippen molar-refractivity contribution < 1.29 is 9.53 Å². The number of benzene rings is 2. The molecule has 4 nitrogen and oxygen atoms in total. The van der Waals surface area contributed by atoms with Crippen molar-refractivity contribution in [3.8, 4) is 5.75 Å². The average molecular weight is 401 g/mol. The average Bonchev–Trinajstić information content (AvgIpc) is 2.69. The summed E-state index contributed by atoms with van der Waals surface area (Å²) in [5.74, 6) is 0.995. The van der Waals surface area contributed by atoms with E-state index < -0.39 is 0 Å². The number of hydrogen-bond acceptors (Lipinski definition) is 3.